The number of halogens is 2. The number of hydrogen-bond donors (Lipinski definition) is 1. The van der Waals surface area contributed by atoms with Crippen molar-refractivity contribution in [2.75, 3.05) is 44.2 Å². The molecule has 1 N–H and O–H groups in total. The number of benzene rings is 2. The molecule has 0 spiro atoms. The maximum atomic E-state index is 12.0. The highest BCUT2D eigenvalue weighted by atomic mass is 35.5. The average Bonchev–Trinajstić information content (AvgIpc) is 3.19. The Morgan fingerprint density at radius 1 is 1.07 bits per heavy atom. The lowest BCUT2D eigenvalue weighted by atomic mass is 10.2. The summed E-state index contributed by atoms with van der Waals surface area (Å²) in [5, 5.41) is 5.30. The molecule has 8 heteroatoms. The minimum absolute atomic E-state index is 0.111. The molecule has 2 aromatic carbocycles. The number of para-hydroxylation sites is 1. The van der Waals surface area contributed by atoms with Crippen molar-refractivity contribution in [1.29, 1.82) is 0 Å². The number of nitrogens with zero attached hydrogens (tertiary/aromatic N) is 3. The minimum Gasteiger partial charge on any atom is -0.351 e. The standard InChI is InChI=1S/C22H22Cl2N4OS/c23-17-5-2-1-4-16(17)8-9-20(29)25-10-11-27-12-14-28(15-13-27)22-26-21-18(24)6-3-7-19(21)30-22/h1-9H,10-15H2,(H,25,29)/b9-8+. The molecule has 5 nitrogen and oxygen atoms in total. The van der Waals surface area contributed by atoms with Crippen molar-refractivity contribution in [3.05, 3.63) is 64.1 Å². The fourth-order valence-electron chi connectivity index (χ4n) is 3.37. The van der Waals surface area contributed by atoms with Gasteiger partial charge in [0.25, 0.3) is 0 Å². The van der Waals surface area contributed by atoms with Crippen molar-refractivity contribution < 1.29 is 4.79 Å². The number of fused-ring (bicyclic) bond motifs is 1. The van der Waals surface area contributed by atoms with Crippen LogP contribution in [0.3, 0.4) is 0 Å². The van der Waals surface area contributed by atoms with Gasteiger partial charge in [0.2, 0.25) is 5.91 Å². The molecular weight excluding hydrogens is 439 g/mol. The van der Waals surface area contributed by atoms with E-state index in [0.29, 0.717) is 16.6 Å². The van der Waals surface area contributed by atoms with Gasteiger partial charge >= 0.3 is 0 Å². The molecule has 0 unspecified atom stereocenters. The smallest absolute Gasteiger partial charge is 0.244 e. The molecule has 0 atom stereocenters. The van der Waals surface area contributed by atoms with E-state index in [0.717, 1.165) is 53.6 Å². The van der Waals surface area contributed by atoms with Crippen LogP contribution >= 0.6 is 34.5 Å². The summed E-state index contributed by atoms with van der Waals surface area (Å²) < 4.78 is 1.12. The quantitative estimate of drug-likeness (QED) is 0.547. The molecule has 0 bridgehead atoms. The zero-order valence-corrected chi connectivity index (χ0v) is 18.7. The molecule has 1 aromatic heterocycles. The molecule has 1 aliphatic rings. The highest BCUT2D eigenvalue weighted by Crippen LogP contribution is 2.33. The molecule has 0 radical (unpaired) electrons. The van der Waals surface area contributed by atoms with E-state index >= 15 is 0 Å². The van der Waals surface area contributed by atoms with Crippen LogP contribution in [0.1, 0.15) is 5.56 Å². The van der Waals surface area contributed by atoms with Crippen molar-refractivity contribution in [3.8, 4) is 0 Å². The number of carbonyl (C=O) groups is 1. The number of rotatable bonds is 6. The first-order valence-electron chi connectivity index (χ1n) is 9.83. The molecule has 0 aliphatic carbocycles. The van der Waals surface area contributed by atoms with Crippen LogP contribution in [-0.4, -0.2) is 55.1 Å². The fraction of sp³-hybridized carbons (Fsp3) is 0.273. The number of amides is 1. The van der Waals surface area contributed by atoms with Gasteiger partial charge in [0, 0.05) is 50.4 Å². The molecule has 156 valence electrons. The fourth-order valence-corrected chi connectivity index (χ4v) is 4.89. The number of anilines is 1. The normalized spacial score (nSPS) is 15.2. The second-order valence-electron chi connectivity index (χ2n) is 7.06. The van der Waals surface area contributed by atoms with Gasteiger partial charge in [-0.3, -0.25) is 9.69 Å². The minimum atomic E-state index is -0.111. The predicted octanol–water partition coefficient (Wildman–Crippen LogP) is 4.55. The SMILES string of the molecule is O=C(/C=C/c1ccccc1Cl)NCCN1CCN(c2nc3c(Cl)cccc3s2)CC1. The van der Waals surface area contributed by atoms with Gasteiger partial charge in [-0.25, -0.2) is 4.98 Å². The van der Waals surface area contributed by atoms with E-state index in [1.165, 1.54) is 6.08 Å². The van der Waals surface area contributed by atoms with Crippen molar-refractivity contribution in [1.82, 2.24) is 15.2 Å². The van der Waals surface area contributed by atoms with E-state index in [1.54, 1.807) is 17.4 Å². The van der Waals surface area contributed by atoms with Crippen molar-refractivity contribution in [2.45, 2.75) is 0 Å². The van der Waals surface area contributed by atoms with Crippen LogP contribution in [-0.2, 0) is 4.79 Å². The molecule has 1 aliphatic heterocycles. The highest BCUT2D eigenvalue weighted by Gasteiger charge is 2.20. The third-order valence-electron chi connectivity index (χ3n) is 5.05. The largest absolute Gasteiger partial charge is 0.351 e. The molecule has 3 aromatic rings. The first-order chi connectivity index (χ1) is 14.6. The first kappa shape index (κ1) is 21.1. The molecule has 2 heterocycles. The first-order valence-corrected chi connectivity index (χ1v) is 11.4. The monoisotopic (exact) mass is 460 g/mol. The summed E-state index contributed by atoms with van der Waals surface area (Å²) in [4.78, 5) is 21.4. The summed E-state index contributed by atoms with van der Waals surface area (Å²) in [7, 11) is 0. The Labute approximate surface area is 189 Å². The highest BCUT2D eigenvalue weighted by molar-refractivity contribution is 7.22. The number of carbonyl (C=O) groups excluding carboxylic acids is 1. The summed E-state index contributed by atoms with van der Waals surface area (Å²) in [6, 6.07) is 13.3. The van der Waals surface area contributed by atoms with Gasteiger partial charge < -0.3 is 10.2 Å². The van der Waals surface area contributed by atoms with Crippen molar-refractivity contribution >= 4 is 61.9 Å². The number of nitrogens with one attached hydrogen (secondary N) is 1. The van der Waals surface area contributed by atoms with Crippen LogP contribution < -0.4 is 10.2 Å². The maximum absolute atomic E-state index is 12.0. The van der Waals surface area contributed by atoms with Gasteiger partial charge in [-0.15, -0.1) is 0 Å². The lowest BCUT2D eigenvalue weighted by Gasteiger charge is -2.34. The third kappa shape index (κ3) is 5.13. The van der Waals surface area contributed by atoms with Crippen LogP contribution in [0.2, 0.25) is 10.0 Å². The van der Waals surface area contributed by atoms with Gasteiger partial charge in [-0.05, 0) is 29.8 Å². The van der Waals surface area contributed by atoms with Crippen LogP contribution in [0.4, 0.5) is 5.13 Å². The lowest BCUT2D eigenvalue weighted by Crippen LogP contribution is -2.48. The van der Waals surface area contributed by atoms with Crippen molar-refractivity contribution in [3.63, 3.8) is 0 Å². The lowest BCUT2D eigenvalue weighted by molar-refractivity contribution is -0.116. The van der Waals surface area contributed by atoms with Gasteiger partial charge in [0.15, 0.2) is 5.13 Å². The Balaban J connectivity index is 1.22. The molecule has 0 saturated carbocycles. The zero-order valence-electron chi connectivity index (χ0n) is 16.4. The Bertz CT molecular complexity index is 1060. The summed E-state index contributed by atoms with van der Waals surface area (Å²) in [5.41, 5.74) is 1.72. The van der Waals surface area contributed by atoms with Crippen LogP contribution in [0.5, 0.6) is 0 Å². The molecule has 4 rings (SSSR count). The van der Waals surface area contributed by atoms with E-state index < -0.39 is 0 Å². The van der Waals surface area contributed by atoms with Crippen molar-refractivity contribution in [2.24, 2.45) is 0 Å². The van der Waals surface area contributed by atoms with Gasteiger partial charge in [-0.2, -0.15) is 0 Å². The molecule has 1 saturated heterocycles. The number of hydrogen-bond acceptors (Lipinski definition) is 5. The van der Waals surface area contributed by atoms with E-state index in [9.17, 15) is 4.79 Å². The zero-order chi connectivity index (χ0) is 20.9. The van der Waals surface area contributed by atoms with E-state index in [-0.39, 0.29) is 5.91 Å². The summed E-state index contributed by atoms with van der Waals surface area (Å²) in [6.07, 6.45) is 3.26. The summed E-state index contributed by atoms with van der Waals surface area (Å²) >= 11 is 14.0. The van der Waals surface area contributed by atoms with E-state index in [2.05, 4.69) is 21.2 Å². The molecule has 1 amide bonds. The number of aromatic nitrogens is 1. The molecule has 30 heavy (non-hydrogen) atoms. The maximum Gasteiger partial charge on any atom is 0.244 e. The van der Waals surface area contributed by atoms with E-state index in [1.807, 2.05) is 36.4 Å². The average molecular weight is 461 g/mol. The molecule has 1 fully saturated rings. The summed E-state index contributed by atoms with van der Waals surface area (Å²) in [5.74, 6) is -0.111. The number of thiazole rings is 1. The number of piperazine rings is 1. The van der Waals surface area contributed by atoms with Crippen LogP contribution in [0, 0.1) is 0 Å². The Hall–Kier alpha value is -2.12. The second-order valence-corrected chi connectivity index (χ2v) is 8.88. The summed E-state index contributed by atoms with van der Waals surface area (Å²) in [6.45, 7) is 5.15. The van der Waals surface area contributed by atoms with Gasteiger partial charge in [-0.1, -0.05) is 58.8 Å². The Kier molecular flexibility index (Phi) is 6.89. The Morgan fingerprint density at radius 3 is 2.60 bits per heavy atom. The van der Waals surface area contributed by atoms with E-state index in [4.69, 9.17) is 28.2 Å². The predicted molar refractivity (Wildman–Crippen MR) is 127 cm³/mol. The van der Waals surface area contributed by atoms with Crippen LogP contribution in [0.25, 0.3) is 16.3 Å². The topological polar surface area (TPSA) is 48.5 Å². The Morgan fingerprint density at radius 2 is 1.83 bits per heavy atom. The van der Waals surface area contributed by atoms with Crippen LogP contribution in [0.15, 0.2) is 48.5 Å². The van der Waals surface area contributed by atoms with Gasteiger partial charge in [0.05, 0.1) is 9.72 Å². The van der Waals surface area contributed by atoms with Gasteiger partial charge in [0.1, 0.15) is 5.52 Å². The molecular formula is C22H22Cl2N4OS. The second kappa shape index (κ2) is 9.79. The third-order valence-corrected chi connectivity index (χ3v) is 6.78.